The SMILES string of the molecule is CCc1ccc(Oc2ccc(C)cc2C#N)cc1. The standard InChI is InChI=1S/C16H15NO/c1-3-13-5-7-15(8-6-13)18-16-9-4-12(2)10-14(16)11-17/h4-10H,3H2,1-2H3. The third-order valence-electron chi connectivity index (χ3n) is 2.81. The van der Waals surface area contributed by atoms with E-state index in [1.165, 1.54) is 5.56 Å². The van der Waals surface area contributed by atoms with Gasteiger partial charge in [0.05, 0.1) is 5.56 Å². The lowest BCUT2D eigenvalue weighted by Crippen LogP contribution is -1.89. The van der Waals surface area contributed by atoms with Gasteiger partial charge in [-0.1, -0.05) is 25.1 Å². The summed E-state index contributed by atoms with van der Waals surface area (Å²) in [5.74, 6) is 1.36. The van der Waals surface area contributed by atoms with Crippen LogP contribution in [0.5, 0.6) is 11.5 Å². The third-order valence-corrected chi connectivity index (χ3v) is 2.81. The molecule has 0 bridgehead atoms. The normalized spacial score (nSPS) is 9.83. The molecule has 2 nitrogen and oxygen atoms in total. The molecule has 0 saturated carbocycles. The molecule has 0 aliphatic heterocycles. The highest BCUT2D eigenvalue weighted by Crippen LogP contribution is 2.26. The van der Waals surface area contributed by atoms with Crippen LogP contribution in [0.2, 0.25) is 0 Å². The van der Waals surface area contributed by atoms with Crippen LogP contribution in [0.25, 0.3) is 0 Å². The average Bonchev–Trinajstić information content (AvgIpc) is 2.41. The lowest BCUT2D eigenvalue weighted by atomic mass is 10.1. The molecule has 0 heterocycles. The fourth-order valence-corrected chi connectivity index (χ4v) is 1.74. The molecule has 90 valence electrons. The van der Waals surface area contributed by atoms with Crippen LogP contribution in [0.1, 0.15) is 23.6 Å². The summed E-state index contributed by atoms with van der Waals surface area (Å²) < 4.78 is 5.73. The van der Waals surface area contributed by atoms with Crippen molar-refractivity contribution in [2.75, 3.05) is 0 Å². The Bertz CT molecular complexity index is 579. The predicted octanol–water partition coefficient (Wildman–Crippen LogP) is 4.22. The first-order valence-corrected chi connectivity index (χ1v) is 6.00. The van der Waals surface area contributed by atoms with Gasteiger partial charge in [-0.25, -0.2) is 0 Å². The number of nitrogens with zero attached hydrogens (tertiary/aromatic N) is 1. The first kappa shape index (κ1) is 12.2. The number of ether oxygens (including phenoxy) is 1. The molecule has 0 atom stereocenters. The second kappa shape index (κ2) is 5.37. The van der Waals surface area contributed by atoms with Gasteiger partial charge in [0.2, 0.25) is 0 Å². The Morgan fingerprint density at radius 1 is 1.11 bits per heavy atom. The Balaban J connectivity index is 2.25. The summed E-state index contributed by atoms with van der Waals surface area (Å²) in [5, 5.41) is 9.07. The molecule has 0 saturated heterocycles. The molecule has 2 aromatic rings. The molecule has 0 aromatic heterocycles. The van der Waals surface area contributed by atoms with Crippen molar-refractivity contribution in [1.29, 1.82) is 5.26 Å². The minimum Gasteiger partial charge on any atom is -0.456 e. The molecule has 0 spiro atoms. The quantitative estimate of drug-likeness (QED) is 0.800. The number of rotatable bonds is 3. The summed E-state index contributed by atoms with van der Waals surface area (Å²) in [6.45, 7) is 4.07. The highest BCUT2D eigenvalue weighted by Gasteiger charge is 2.04. The molecule has 0 radical (unpaired) electrons. The van der Waals surface area contributed by atoms with Gasteiger partial charge in [0.1, 0.15) is 17.6 Å². The summed E-state index contributed by atoms with van der Waals surface area (Å²) >= 11 is 0. The van der Waals surface area contributed by atoms with Crippen molar-refractivity contribution in [2.45, 2.75) is 20.3 Å². The summed E-state index contributed by atoms with van der Waals surface area (Å²) in [6.07, 6.45) is 1.01. The molecule has 0 aliphatic carbocycles. The van der Waals surface area contributed by atoms with E-state index < -0.39 is 0 Å². The maximum atomic E-state index is 9.07. The van der Waals surface area contributed by atoms with Gasteiger partial charge >= 0.3 is 0 Å². The lowest BCUT2D eigenvalue weighted by Gasteiger charge is -2.08. The second-order valence-corrected chi connectivity index (χ2v) is 4.21. The molecule has 0 unspecified atom stereocenters. The first-order chi connectivity index (χ1) is 8.72. The summed E-state index contributed by atoms with van der Waals surface area (Å²) in [7, 11) is 0. The lowest BCUT2D eigenvalue weighted by molar-refractivity contribution is 0.481. The van der Waals surface area contributed by atoms with Crippen molar-refractivity contribution in [2.24, 2.45) is 0 Å². The van der Waals surface area contributed by atoms with Gasteiger partial charge in [0, 0.05) is 0 Å². The van der Waals surface area contributed by atoms with E-state index >= 15 is 0 Å². The number of aryl methyl sites for hydroxylation is 2. The smallest absolute Gasteiger partial charge is 0.145 e. The number of hydrogen-bond acceptors (Lipinski definition) is 2. The van der Waals surface area contributed by atoms with Crippen molar-refractivity contribution in [1.82, 2.24) is 0 Å². The molecular formula is C16H15NO. The molecule has 0 N–H and O–H groups in total. The second-order valence-electron chi connectivity index (χ2n) is 4.21. The van der Waals surface area contributed by atoms with Gasteiger partial charge in [-0.2, -0.15) is 5.26 Å². The van der Waals surface area contributed by atoms with Crippen molar-refractivity contribution in [3.63, 3.8) is 0 Å². The van der Waals surface area contributed by atoms with E-state index in [9.17, 15) is 0 Å². The molecule has 2 heteroatoms. The fourth-order valence-electron chi connectivity index (χ4n) is 1.74. The van der Waals surface area contributed by atoms with Crippen LogP contribution in [0, 0.1) is 18.3 Å². The Morgan fingerprint density at radius 2 is 1.83 bits per heavy atom. The zero-order valence-corrected chi connectivity index (χ0v) is 10.6. The van der Waals surface area contributed by atoms with Crippen molar-refractivity contribution in [3.8, 4) is 17.6 Å². The predicted molar refractivity (Wildman–Crippen MR) is 71.8 cm³/mol. The Kier molecular flexibility index (Phi) is 3.64. The number of benzene rings is 2. The summed E-state index contributed by atoms with van der Waals surface area (Å²) in [6, 6.07) is 15.7. The van der Waals surface area contributed by atoms with E-state index in [0.29, 0.717) is 11.3 Å². The van der Waals surface area contributed by atoms with E-state index in [0.717, 1.165) is 17.7 Å². The fraction of sp³-hybridized carbons (Fsp3) is 0.188. The van der Waals surface area contributed by atoms with Crippen molar-refractivity contribution >= 4 is 0 Å². The highest BCUT2D eigenvalue weighted by atomic mass is 16.5. The summed E-state index contributed by atoms with van der Waals surface area (Å²) in [5.41, 5.74) is 2.89. The van der Waals surface area contributed by atoms with E-state index in [-0.39, 0.29) is 0 Å². The van der Waals surface area contributed by atoms with Crippen LogP contribution in [-0.4, -0.2) is 0 Å². The first-order valence-electron chi connectivity index (χ1n) is 6.00. The maximum absolute atomic E-state index is 9.07. The van der Waals surface area contributed by atoms with Gasteiger partial charge < -0.3 is 4.74 Å². The summed E-state index contributed by atoms with van der Waals surface area (Å²) in [4.78, 5) is 0. The zero-order valence-electron chi connectivity index (χ0n) is 10.6. The Hall–Kier alpha value is -2.27. The highest BCUT2D eigenvalue weighted by molar-refractivity contribution is 5.47. The van der Waals surface area contributed by atoms with Gasteiger partial charge in [-0.05, 0) is 48.7 Å². The van der Waals surface area contributed by atoms with Crippen LogP contribution in [-0.2, 0) is 6.42 Å². The third kappa shape index (κ3) is 2.70. The zero-order chi connectivity index (χ0) is 13.0. The van der Waals surface area contributed by atoms with E-state index in [1.807, 2.05) is 49.4 Å². The van der Waals surface area contributed by atoms with Gasteiger partial charge in [-0.15, -0.1) is 0 Å². The molecule has 2 rings (SSSR count). The molecular weight excluding hydrogens is 222 g/mol. The Morgan fingerprint density at radius 3 is 2.44 bits per heavy atom. The van der Waals surface area contributed by atoms with Gasteiger partial charge in [0.15, 0.2) is 0 Å². The molecule has 0 aliphatic rings. The van der Waals surface area contributed by atoms with E-state index in [1.54, 1.807) is 0 Å². The van der Waals surface area contributed by atoms with Crippen LogP contribution in [0.4, 0.5) is 0 Å². The van der Waals surface area contributed by atoms with Crippen LogP contribution in [0.3, 0.4) is 0 Å². The van der Waals surface area contributed by atoms with Crippen molar-refractivity contribution < 1.29 is 4.74 Å². The minimum absolute atomic E-state index is 0.564. The van der Waals surface area contributed by atoms with E-state index in [2.05, 4.69) is 13.0 Å². The Labute approximate surface area is 107 Å². The van der Waals surface area contributed by atoms with Gasteiger partial charge in [-0.3, -0.25) is 0 Å². The van der Waals surface area contributed by atoms with Crippen LogP contribution in [0.15, 0.2) is 42.5 Å². The number of nitriles is 1. The molecule has 2 aromatic carbocycles. The monoisotopic (exact) mass is 237 g/mol. The van der Waals surface area contributed by atoms with Crippen molar-refractivity contribution in [3.05, 3.63) is 59.2 Å². The average molecular weight is 237 g/mol. The topological polar surface area (TPSA) is 33.0 Å². The molecule has 18 heavy (non-hydrogen) atoms. The van der Waals surface area contributed by atoms with Crippen LogP contribution >= 0.6 is 0 Å². The van der Waals surface area contributed by atoms with Gasteiger partial charge in [0.25, 0.3) is 0 Å². The van der Waals surface area contributed by atoms with Crippen LogP contribution < -0.4 is 4.74 Å². The molecule has 0 amide bonds. The minimum atomic E-state index is 0.564. The van der Waals surface area contributed by atoms with E-state index in [4.69, 9.17) is 10.00 Å². The maximum Gasteiger partial charge on any atom is 0.145 e. The number of hydrogen-bond donors (Lipinski definition) is 0. The largest absolute Gasteiger partial charge is 0.456 e. The molecule has 0 fully saturated rings.